The molecule has 0 aromatic heterocycles. The van der Waals surface area contributed by atoms with Crippen molar-refractivity contribution in [1.82, 2.24) is 5.32 Å². The Balaban J connectivity index is 1.75. The third-order valence-corrected chi connectivity index (χ3v) is 4.97. The van der Waals surface area contributed by atoms with Crippen LogP contribution in [-0.4, -0.2) is 30.1 Å². The lowest BCUT2D eigenvalue weighted by Crippen LogP contribution is -2.42. The van der Waals surface area contributed by atoms with E-state index in [-0.39, 0.29) is 17.0 Å². The van der Waals surface area contributed by atoms with Gasteiger partial charge in [-0.1, -0.05) is 54.1 Å². The highest BCUT2D eigenvalue weighted by atomic mass is 35.5. The lowest BCUT2D eigenvalue weighted by molar-refractivity contribution is -0.139. The fourth-order valence-electron chi connectivity index (χ4n) is 3.09. The van der Waals surface area contributed by atoms with Gasteiger partial charge in [0.25, 0.3) is 5.91 Å². The summed E-state index contributed by atoms with van der Waals surface area (Å²) >= 11 is 6.05. The molecule has 0 saturated carbocycles. The second-order valence-electron chi connectivity index (χ2n) is 6.70. The first-order chi connectivity index (χ1) is 14.4. The molecule has 0 aliphatic carbocycles. The summed E-state index contributed by atoms with van der Waals surface area (Å²) in [5.41, 5.74) is 8.87. The van der Waals surface area contributed by atoms with Crippen LogP contribution in [-0.2, 0) is 11.2 Å². The van der Waals surface area contributed by atoms with Crippen molar-refractivity contribution in [1.29, 1.82) is 0 Å². The number of carbonyl (C=O) groups is 2. The van der Waals surface area contributed by atoms with Crippen LogP contribution < -0.4 is 15.8 Å². The lowest BCUT2D eigenvalue weighted by Gasteiger charge is -2.16. The average Bonchev–Trinajstić information content (AvgIpc) is 2.73. The molecule has 3 aromatic carbocycles. The van der Waals surface area contributed by atoms with E-state index in [4.69, 9.17) is 22.1 Å². The Bertz CT molecular complexity index is 1070. The minimum atomic E-state index is -1.14. The van der Waals surface area contributed by atoms with E-state index >= 15 is 0 Å². The van der Waals surface area contributed by atoms with E-state index in [1.54, 1.807) is 7.11 Å². The molecule has 0 bridgehead atoms. The summed E-state index contributed by atoms with van der Waals surface area (Å²) in [6.07, 6.45) is 0.125. The molecule has 0 fully saturated rings. The smallest absolute Gasteiger partial charge is 0.326 e. The zero-order chi connectivity index (χ0) is 21.7. The summed E-state index contributed by atoms with van der Waals surface area (Å²) in [5, 5.41) is 12.2. The van der Waals surface area contributed by atoms with Gasteiger partial charge < -0.3 is 20.9 Å². The highest BCUT2D eigenvalue weighted by Crippen LogP contribution is 2.29. The molecule has 1 amide bonds. The predicted octanol–water partition coefficient (Wildman–Crippen LogP) is 4.02. The van der Waals surface area contributed by atoms with Gasteiger partial charge in [0, 0.05) is 17.7 Å². The molecule has 0 aliphatic heterocycles. The molecular formula is C23H21ClN2O4. The van der Waals surface area contributed by atoms with Gasteiger partial charge in [0.05, 0.1) is 17.7 Å². The standard InChI is InChI=1S/C23H21ClN2O4/c1-30-21-5-3-2-4-17(21)15-8-6-14(7-9-15)12-20(23(28)29)26-22(27)18-11-10-16(25)13-19(18)24/h2-11,13,20H,12,25H2,1H3,(H,26,27)(H,28,29)/t20-/m0/s1. The summed E-state index contributed by atoms with van der Waals surface area (Å²) in [5.74, 6) is -0.955. The summed E-state index contributed by atoms with van der Waals surface area (Å²) in [4.78, 5) is 24.2. The number of carbonyl (C=O) groups excluding carboxylic acids is 1. The van der Waals surface area contributed by atoms with E-state index in [0.717, 1.165) is 22.4 Å². The molecule has 0 saturated heterocycles. The Labute approximate surface area is 179 Å². The third kappa shape index (κ3) is 4.90. The second kappa shape index (κ2) is 9.33. The van der Waals surface area contributed by atoms with Crippen molar-refractivity contribution in [3.8, 4) is 16.9 Å². The van der Waals surface area contributed by atoms with Crippen LogP contribution in [0.5, 0.6) is 5.75 Å². The van der Waals surface area contributed by atoms with Gasteiger partial charge in [0.15, 0.2) is 0 Å². The van der Waals surface area contributed by atoms with E-state index in [0.29, 0.717) is 5.69 Å². The van der Waals surface area contributed by atoms with Crippen molar-refractivity contribution in [2.75, 3.05) is 12.8 Å². The van der Waals surface area contributed by atoms with E-state index in [1.807, 2.05) is 48.5 Å². The predicted molar refractivity (Wildman–Crippen MR) is 117 cm³/mol. The summed E-state index contributed by atoms with van der Waals surface area (Å²) in [7, 11) is 1.61. The molecule has 30 heavy (non-hydrogen) atoms. The van der Waals surface area contributed by atoms with E-state index in [1.165, 1.54) is 18.2 Å². The number of anilines is 1. The van der Waals surface area contributed by atoms with Gasteiger partial charge in [-0.05, 0) is 35.4 Å². The van der Waals surface area contributed by atoms with Gasteiger partial charge in [-0.2, -0.15) is 0 Å². The molecule has 154 valence electrons. The zero-order valence-corrected chi connectivity index (χ0v) is 17.0. The van der Waals surface area contributed by atoms with Crippen LogP contribution in [0.3, 0.4) is 0 Å². The number of nitrogens with one attached hydrogen (secondary N) is 1. The number of hydrogen-bond acceptors (Lipinski definition) is 4. The van der Waals surface area contributed by atoms with Crippen molar-refractivity contribution in [3.05, 3.63) is 82.9 Å². The van der Waals surface area contributed by atoms with Crippen molar-refractivity contribution in [3.63, 3.8) is 0 Å². The maximum absolute atomic E-state index is 12.5. The van der Waals surface area contributed by atoms with Crippen molar-refractivity contribution < 1.29 is 19.4 Å². The number of hydrogen-bond donors (Lipinski definition) is 3. The number of carboxylic acids is 1. The first-order valence-corrected chi connectivity index (χ1v) is 9.58. The molecule has 0 heterocycles. The maximum atomic E-state index is 12.5. The Morgan fingerprint density at radius 3 is 2.43 bits per heavy atom. The number of benzene rings is 3. The number of amides is 1. The number of carboxylic acid groups (broad SMARTS) is 1. The van der Waals surface area contributed by atoms with Crippen LogP contribution in [0.25, 0.3) is 11.1 Å². The second-order valence-corrected chi connectivity index (χ2v) is 7.11. The number of methoxy groups -OCH3 is 1. The Kier molecular flexibility index (Phi) is 6.59. The monoisotopic (exact) mass is 424 g/mol. The highest BCUT2D eigenvalue weighted by molar-refractivity contribution is 6.34. The molecule has 7 heteroatoms. The molecule has 4 N–H and O–H groups in total. The molecule has 3 rings (SSSR count). The van der Waals surface area contributed by atoms with Crippen LogP contribution in [0.15, 0.2) is 66.7 Å². The van der Waals surface area contributed by atoms with Crippen LogP contribution in [0.1, 0.15) is 15.9 Å². The van der Waals surface area contributed by atoms with Crippen LogP contribution >= 0.6 is 11.6 Å². The van der Waals surface area contributed by atoms with Crippen molar-refractivity contribution in [2.24, 2.45) is 0 Å². The summed E-state index contributed by atoms with van der Waals surface area (Å²) < 4.78 is 5.38. The van der Waals surface area contributed by atoms with Gasteiger partial charge in [-0.25, -0.2) is 4.79 Å². The van der Waals surface area contributed by atoms with Crippen molar-refractivity contribution >= 4 is 29.2 Å². The zero-order valence-electron chi connectivity index (χ0n) is 16.3. The van der Waals surface area contributed by atoms with Gasteiger partial charge in [-0.3, -0.25) is 4.79 Å². The van der Waals surface area contributed by atoms with Crippen LogP contribution in [0.2, 0.25) is 5.02 Å². The average molecular weight is 425 g/mol. The maximum Gasteiger partial charge on any atom is 0.326 e. The molecule has 0 aliphatic rings. The first-order valence-electron chi connectivity index (χ1n) is 9.20. The first kappa shape index (κ1) is 21.2. The number of nitrogens with two attached hydrogens (primary N) is 1. The summed E-state index contributed by atoms with van der Waals surface area (Å²) in [6.45, 7) is 0. The fraction of sp³-hybridized carbons (Fsp3) is 0.130. The minimum Gasteiger partial charge on any atom is -0.496 e. The molecule has 0 spiro atoms. The Morgan fingerprint density at radius 1 is 1.10 bits per heavy atom. The molecule has 1 atom stereocenters. The van der Waals surface area contributed by atoms with Crippen molar-refractivity contribution in [2.45, 2.75) is 12.5 Å². The quantitative estimate of drug-likeness (QED) is 0.497. The summed E-state index contributed by atoms with van der Waals surface area (Å²) in [6, 6.07) is 18.4. The van der Waals surface area contributed by atoms with E-state index in [2.05, 4.69) is 5.32 Å². The largest absolute Gasteiger partial charge is 0.496 e. The van der Waals surface area contributed by atoms with Gasteiger partial charge in [0.2, 0.25) is 0 Å². The molecule has 6 nitrogen and oxygen atoms in total. The Morgan fingerprint density at radius 2 is 1.80 bits per heavy atom. The van der Waals surface area contributed by atoms with Crippen LogP contribution in [0.4, 0.5) is 5.69 Å². The number of nitrogen functional groups attached to an aromatic ring is 1. The Hall–Kier alpha value is -3.51. The molecular weight excluding hydrogens is 404 g/mol. The number of rotatable bonds is 7. The SMILES string of the molecule is COc1ccccc1-c1ccc(C[C@H](NC(=O)c2ccc(N)cc2Cl)C(=O)O)cc1. The number of halogens is 1. The normalized spacial score (nSPS) is 11.5. The lowest BCUT2D eigenvalue weighted by atomic mass is 10.00. The van der Waals surface area contributed by atoms with Gasteiger partial charge >= 0.3 is 5.97 Å². The van der Waals surface area contributed by atoms with Crippen LogP contribution in [0, 0.1) is 0 Å². The molecule has 0 unspecified atom stereocenters. The third-order valence-electron chi connectivity index (χ3n) is 4.65. The highest BCUT2D eigenvalue weighted by Gasteiger charge is 2.22. The fourth-order valence-corrected chi connectivity index (χ4v) is 3.37. The van der Waals surface area contributed by atoms with E-state index < -0.39 is 17.9 Å². The number of para-hydroxylation sites is 1. The van der Waals surface area contributed by atoms with Gasteiger partial charge in [-0.15, -0.1) is 0 Å². The number of aliphatic carboxylic acids is 1. The molecule has 0 radical (unpaired) electrons. The molecule has 3 aromatic rings. The van der Waals surface area contributed by atoms with Gasteiger partial charge in [0.1, 0.15) is 11.8 Å². The number of ether oxygens (including phenoxy) is 1. The minimum absolute atomic E-state index is 0.125. The topological polar surface area (TPSA) is 102 Å². The van der Waals surface area contributed by atoms with E-state index in [9.17, 15) is 14.7 Å².